The maximum absolute atomic E-state index is 11.7. The zero-order valence-electron chi connectivity index (χ0n) is 9.52. The Morgan fingerprint density at radius 3 is 2.33 bits per heavy atom. The molecule has 0 aromatic rings. The molecule has 0 heterocycles. The summed E-state index contributed by atoms with van der Waals surface area (Å²) < 4.78 is 0. The molecule has 5 heteroatoms. The van der Waals surface area contributed by atoms with Crippen LogP contribution >= 0.6 is 11.8 Å². The quantitative estimate of drug-likeness (QED) is 0.723. The Labute approximate surface area is 95.0 Å². The number of rotatable bonds is 7. The van der Waals surface area contributed by atoms with Crippen molar-refractivity contribution in [2.75, 3.05) is 18.1 Å². The van der Waals surface area contributed by atoms with Crippen LogP contribution in [0.5, 0.6) is 0 Å². The van der Waals surface area contributed by atoms with Gasteiger partial charge in [0, 0.05) is 12.6 Å². The number of carboxylic acid groups (broad SMARTS) is 1. The molecule has 0 aliphatic heterocycles. The molecule has 0 aliphatic carbocycles. The van der Waals surface area contributed by atoms with Crippen molar-refractivity contribution in [2.45, 2.75) is 33.2 Å². The van der Waals surface area contributed by atoms with E-state index >= 15 is 0 Å². The van der Waals surface area contributed by atoms with Crippen LogP contribution in [0.3, 0.4) is 0 Å². The fourth-order valence-electron chi connectivity index (χ4n) is 1.26. The molecule has 0 fully saturated rings. The van der Waals surface area contributed by atoms with Crippen LogP contribution in [0.1, 0.15) is 27.2 Å². The van der Waals surface area contributed by atoms with E-state index in [1.165, 1.54) is 0 Å². The third kappa shape index (κ3) is 5.67. The summed E-state index contributed by atoms with van der Waals surface area (Å²) in [5.41, 5.74) is 0. The van der Waals surface area contributed by atoms with Crippen molar-refractivity contribution in [2.24, 2.45) is 0 Å². The highest BCUT2D eigenvalue weighted by molar-refractivity contribution is 8.00. The van der Waals surface area contributed by atoms with Crippen LogP contribution in [-0.4, -0.2) is 46.0 Å². The average molecular weight is 233 g/mol. The number of amides is 1. The molecule has 0 aromatic carbocycles. The van der Waals surface area contributed by atoms with Gasteiger partial charge in [0.2, 0.25) is 5.91 Å². The first-order valence-electron chi connectivity index (χ1n) is 5.11. The van der Waals surface area contributed by atoms with Crippen molar-refractivity contribution in [3.8, 4) is 0 Å². The Bertz CT molecular complexity index is 221. The van der Waals surface area contributed by atoms with E-state index in [0.717, 1.165) is 18.2 Å². The molecule has 0 aromatic heterocycles. The van der Waals surface area contributed by atoms with Crippen LogP contribution in [0, 0.1) is 0 Å². The molecule has 0 aliphatic rings. The minimum atomic E-state index is -0.876. The van der Waals surface area contributed by atoms with E-state index in [1.54, 1.807) is 4.90 Å². The van der Waals surface area contributed by atoms with Crippen LogP contribution in [0.25, 0.3) is 0 Å². The van der Waals surface area contributed by atoms with Crippen molar-refractivity contribution in [3.63, 3.8) is 0 Å². The Hall–Kier alpha value is -0.710. The molecule has 0 radical (unpaired) electrons. The lowest BCUT2D eigenvalue weighted by molar-refractivity contribution is -0.133. The molecule has 0 saturated carbocycles. The van der Waals surface area contributed by atoms with Crippen LogP contribution in [0.4, 0.5) is 0 Å². The summed E-state index contributed by atoms with van der Waals surface area (Å²) in [6.45, 7) is 6.65. The molecule has 1 atom stereocenters. The maximum Gasteiger partial charge on any atom is 0.313 e. The summed E-state index contributed by atoms with van der Waals surface area (Å²) in [7, 11) is 0. The van der Waals surface area contributed by atoms with Crippen molar-refractivity contribution in [1.82, 2.24) is 4.90 Å². The first-order valence-corrected chi connectivity index (χ1v) is 6.27. The lowest BCUT2D eigenvalue weighted by Gasteiger charge is -2.27. The van der Waals surface area contributed by atoms with Gasteiger partial charge in [0.1, 0.15) is 0 Å². The third-order valence-corrected chi connectivity index (χ3v) is 3.14. The zero-order valence-corrected chi connectivity index (χ0v) is 10.3. The molecule has 1 amide bonds. The highest BCUT2D eigenvalue weighted by Crippen LogP contribution is 2.08. The molecule has 0 bridgehead atoms. The summed E-state index contributed by atoms with van der Waals surface area (Å²) in [4.78, 5) is 23.7. The van der Waals surface area contributed by atoms with Gasteiger partial charge in [0.05, 0.1) is 11.5 Å². The van der Waals surface area contributed by atoms with Gasteiger partial charge in [-0.15, -0.1) is 11.8 Å². The van der Waals surface area contributed by atoms with E-state index in [-0.39, 0.29) is 23.5 Å². The molecule has 1 unspecified atom stereocenters. The highest BCUT2D eigenvalue weighted by Gasteiger charge is 2.16. The van der Waals surface area contributed by atoms with Gasteiger partial charge in [-0.05, 0) is 20.3 Å². The summed E-state index contributed by atoms with van der Waals surface area (Å²) in [6, 6.07) is 0.230. The van der Waals surface area contributed by atoms with Gasteiger partial charge in [0.25, 0.3) is 0 Å². The number of thioether (sulfide) groups is 1. The fraction of sp³-hybridized carbons (Fsp3) is 0.800. The van der Waals surface area contributed by atoms with E-state index in [9.17, 15) is 9.59 Å². The molecular weight excluding hydrogens is 214 g/mol. The summed E-state index contributed by atoms with van der Waals surface area (Å²) in [5.74, 6) is -0.605. The Morgan fingerprint density at radius 2 is 1.93 bits per heavy atom. The number of hydrogen-bond acceptors (Lipinski definition) is 3. The summed E-state index contributed by atoms with van der Waals surface area (Å²) >= 11 is 1.15. The molecule has 0 rings (SSSR count). The molecule has 0 saturated heterocycles. The monoisotopic (exact) mass is 233 g/mol. The van der Waals surface area contributed by atoms with Crippen molar-refractivity contribution < 1.29 is 14.7 Å². The van der Waals surface area contributed by atoms with Crippen molar-refractivity contribution in [1.29, 1.82) is 0 Å². The van der Waals surface area contributed by atoms with Gasteiger partial charge in [-0.3, -0.25) is 9.59 Å². The third-order valence-electron chi connectivity index (χ3n) is 2.23. The minimum absolute atomic E-state index is 0.0101. The van der Waals surface area contributed by atoms with E-state index in [0.29, 0.717) is 6.54 Å². The lowest BCUT2D eigenvalue weighted by atomic mass is 10.2. The highest BCUT2D eigenvalue weighted by atomic mass is 32.2. The van der Waals surface area contributed by atoms with Gasteiger partial charge in [-0.2, -0.15) is 0 Å². The van der Waals surface area contributed by atoms with Crippen molar-refractivity contribution >= 4 is 23.6 Å². The Morgan fingerprint density at radius 1 is 1.33 bits per heavy atom. The molecular formula is C10H19NO3S. The number of nitrogens with zero attached hydrogens (tertiary/aromatic N) is 1. The number of hydrogen-bond donors (Lipinski definition) is 1. The topological polar surface area (TPSA) is 57.6 Å². The minimum Gasteiger partial charge on any atom is -0.481 e. The van der Waals surface area contributed by atoms with Gasteiger partial charge in [0.15, 0.2) is 0 Å². The molecule has 15 heavy (non-hydrogen) atoms. The number of carboxylic acids is 1. The average Bonchev–Trinajstić information content (AvgIpc) is 2.18. The van der Waals surface area contributed by atoms with E-state index < -0.39 is 5.97 Å². The zero-order chi connectivity index (χ0) is 11.8. The van der Waals surface area contributed by atoms with E-state index in [1.807, 2.05) is 20.8 Å². The van der Waals surface area contributed by atoms with Crippen LogP contribution in [0.15, 0.2) is 0 Å². The van der Waals surface area contributed by atoms with Crippen LogP contribution in [-0.2, 0) is 9.59 Å². The number of carbonyl (C=O) groups excluding carboxylic acids is 1. The van der Waals surface area contributed by atoms with E-state index in [2.05, 4.69) is 0 Å². The second-order valence-electron chi connectivity index (χ2n) is 3.32. The molecule has 1 N–H and O–H groups in total. The van der Waals surface area contributed by atoms with Gasteiger partial charge < -0.3 is 10.0 Å². The maximum atomic E-state index is 11.7. The predicted molar refractivity (Wildman–Crippen MR) is 62.1 cm³/mol. The van der Waals surface area contributed by atoms with Gasteiger partial charge in [-0.25, -0.2) is 0 Å². The number of carbonyl (C=O) groups is 2. The molecule has 0 spiro atoms. The van der Waals surface area contributed by atoms with Gasteiger partial charge in [-0.1, -0.05) is 6.92 Å². The van der Waals surface area contributed by atoms with Crippen molar-refractivity contribution in [3.05, 3.63) is 0 Å². The standard InChI is InChI=1S/C10H19NO3S/c1-4-8(3)11(5-2)9(12)6-15-7-10(13)14/h8H,4-7H2,1-3H3,(H,13,14). The molecule has 88 valence electrons. The second-order valence-corrected chi connectivity index (χ2v) is 4.31. The summed E-state index contributed by atoms with van der Waals surface area (Å²) in [6.07, 6.45) is 0.920. The second kappa shape index (κ2) is 7.56. The molecule has 4 nitrogen and oxygen atoms in total. The number of aliphatic carboxylic acids is 1. The van der Waals surface area contributed by atoms with Crippen LogP contribution in [0.2, 0.25) is 0 Å². The largest absolute Gasteiger partial charge is 0.481 e. The Balaban J connectivity index is 3.99. The smallest absolute Gasteiger partial charge is 0.313 e. The van der Waals surface area contributed by atoms with Crippen LogP contribution < -0.4 is 0 Å². The fourth-order valence-corrected chi connectivity index (χ4v) is 1.88. The summed E-state index contributed by atoms with van der Waals surface area (Å²) in [5, 5.41) is 8.43. The first kappa shape index (κ1) is 14.3. The van der Waals surface area contributed by atoms with E-state index in [4.69, 9.17) is 5.11 Å². The SMILES string of the molecule is CCC(C)N(CC)C(=O)CSCC(=O)O. The van der Waals surface area contributed by atoms with Gasteiger partial charge >= 0.3 is 5.97 Å². The predicted octanol–water partition coefficient (Wildman–Crippen LogP) is 1.45. The Kier molecular flexibility index (Phi) is 7.21. The first-order chi connectivity index (χ1) is 7.02. The normalized spacial score (nSPS) is 12.2. The lowest BCUT2D eigenvalue weighted by Crippen LogP contribution is -2.39.